The average Bonchev–Trinajstić information content (AvgIpc) is 2.20. The van der Waals surface area contributed by atoms with Crippen molar-refractivity contribution in [3.63, 3.8) is 0 Å². The molecule has 0 saturated carbocycles. The number of carbonyl (C=O) groups is 2. The number of ketones is 2. The van der Waals surface area contributed by atoms with E-state index in [-0.39, 0.29) is 24.1 Å². The summed E-state index contributed by atoms with van der Waals surface area (Å²) in [6.07, 6.45) is 1.57. The topological polar surface area (TPSA) is 43.4 Å². The molecule has 19 heavy (non-hydrogen) atoms. The molecule has 0 heterocycles. The van der Waals surface area contributed by atoms with Crippen molar-refractivity contribution < 1.29 is 14.0 Å². The van der Waals surface area contributed by atoms with Crippen molar-refractivity contribution in [2.75, 3.05) is 0 Å². The Labute approximate surface area is 119 Å². The first kappa shape index (κ1) is 18.5. The molecule has 0 aromatic carbocycles. The lowest BCUT2D eigenvalue weighted by Crippen LogP contribution is -2.38. The van der Waals surface area contributed by atoms with E-state index in [1.54, 1.807) is 0 Å². The zero-order valence-corrected chi connectivity index (χ0v) is 14.6. The van der Waals surface area contributed by atoms with E-state index in [0.717, 1.165) is 6.42 Å². The van der Waals surface area contributed by atoms with Crippen LogP contribution in [-0.4, -0.2) is 26.0 Å². The number of hydrogen-bond acceptors (Lipinski definition) is 3. The van der Waals surface area contributed by atoms with Crippen molar-refractivity contribution in [1.29, 1.82) is 0 Å². The SMILES string of the molecule is CC(=O)CC(=O)CC[C@@H](C)[C@@H](O[Si](C)(C)C)C(C)C. The zero-order valence-electron chi connectivity index (χ0n) is 13.6. The Bertz CT molecular complexity index is 305. The van der Waals surface area contributed by atoms with E-state index in [1.807, 2.05) is 0 Å². The fraction of sp³-hybridized carbons (Fsp3) is 0.867. The molecular weight excluding hydrogens is 256 g/mol. The standard InChI is InChI=1S/C15H30O3Si/c1-11(2)15(18-19(5,6)7)12(3)8-9-14(17)10-13(4)16/h11-12,15H,8-10H2,1-7H3/t12-,15+/m1/s1. The van der Waals surface area contributed by atoms with Gasteiger partial charge in [-0.15, -0.1) is 0 Å². The molecule has 0 rings (SSSR count). The maximum Gasteiger partial charge on any atom is 0.184 e. The third-order valence-corrected chi connectivity index (χ3v) is 4.01. The molecule has 0 amide bonds. The van der Waals surface area contributed by atoms with Gasteiger partial charge < -0.3 is 4.43 Å². The Balaban J connectivity index is 4.37. The van der Waals surface area contributed by atoms with Crippen molar-refractivity contribution in [3.05, 3.63) is 0 Å². The molecule has 0 aliphatic heterocycles. The second kappa shape index (κ2) is 7.95. The highest BCUT2D eigenvalue weighted by Crippen LogP contribution is 2.24. The van der Waals surface area contributed by atoms with Crippen LogP contribution in [0.1, 0.15) is 47.0 Å². The van der Waals surface area contributed by atoms with Crippen LogP contribution in [0.4, 0.5) is 0 Å². The van der Waals surface area contributed by atoms with Crippen LogP contribution >= 0.6 is 0 Å². The Morgan fingerprint density at radius 3 is 2.00 bits per heavy atom. The third-order valence-electron chi connectivity index (χ3n) is 3.03. The molecule has 0 saturated heterocycles. The average molecular weight is 286 g/mol. The molecule has 0 aliphatic carbocycles. The fourth-order valence-electron chi connectivity index (χ4n) is 2.24. The molecular formula is C15H30O3Si. The van der Waals surface area contributed by atoms with Crippen LogP contribution in [0.25, 0.3) is 0 Å². The highest BCUT2D eigenvalue weighted by molar-refractivity contribution is 6.69. The Hall–Kier alpha value is -0.483. The van der Waals surface area contributed by atoms with Crippen LogP contribution in [0.2, 0.25) is 19.6 Å². The lowest BCUT2D eigenvalue weighted by Gasteiger charge is -2.33. The summed E-state index contributed by atoms with van der Waals surface area (Å²) >= 11 is 0. The highest BCUT2D eigenvalue weighted by atomic mass is 28.4. The summed E-state index contributed by atoms with van der Waals surface area (Å²) in [5.41, 5.74) is 0. The van der Waals surface area contributed by atoms with E-state index in [9.17, 15) is 9.59 Å². The van der Waals surface area contributed by atoms with Gasteiger partial charge in [0.2, 0.25) is 0 Å². The van der Waals surface area contributed by atoms with Crippen LogP contribution in [0, 0.1) is 11.8 Å². The van der Waals surface area contributed by atoms with Crippen molar-refractivity contribution in [2.45, 2.75) is 72.7 Å². The van der Waals surface area contributed by atoms with Gasteiger partial charge in [-0.3, -0.25) is 9.59 Å². The van der Waals surface area contributed by atoms with E-state index in [4.69, 9.17) is 4.43 Å². The second-order valence-corrected chi connectivity index (χ2v) is 11.3. The summed E-state index contributed by atoms with van der Waals surface area (Å²) in [7, 11) is -1.57. The largest absolute Gasteiger partial charge is 0.414 e. The Kier molecular flexibility index (Phi) is 7.75. The van der Waals surface area contributed by atoms with E-state index in [2.05, 4.69) is 40.4 Å². The van der Waals surface area contributed by atoms with Crippen LogP contribution < -0.4 is 0 Å². The molecule has 0 bridgehead atoms. The van der Waals surface area contributed by atoms with Gasteiger partial charge in [0.05, 0.1) is 6.42 Å². The molecule has 4 heteroatoms. The lowest BCUT2D eigenvalue weighted by molar-refractivity contribution is -0.126. The Morgan fingerprint density at radius 2 is 1.63 bits per heavy atom. The minimum absolute atomic E-state index is 0.0450. The number of carbonyl (C=O) groups excluding carboxylic acids is 2. The minimum atomic E-state index is -1.57. The smallest absolute Gasteiger partial charge is 0.184 e. The monoisotopic (exact) mass is 286 g/mol. The molecule has 0 N–H and O–H groups in total. The number of hydrogen-bond donors (Lipinski definition) is 0. The van der Waals surface area contributed by atoms with Crippen LogP contribution in [-0.2, 0) is 14.0 Å². The molecule has 0 aromatic heterocycles. The van der Waals surface area contributed by atoms with Gasteiger partial charge in [-0.1, -0.05) is 20.8 Å². The normalized spacial score (nSPS) is 15.4. The molecule has 112 valence electrons. The van der Waals surface area contributed by atoms with Gasteiger partial charge >= 0.3 is 0 Å². The first-order valence-corrected chi connectivity index (χ1v) is 10.6. The van der Waals surface area contributed by atoms with E-state index >= 15 is 0 Å². The van der Waals surface area contributed by atoms with Crippen LogP contribution in [0.3, 0.4) is 0 Å². The van der Waals surface area contributed by atoms with E-state index in [0.29, 0.717) is 18.3 Å². The van der Waals surface area contributed by atoms with Crippen molar-refractivity contribution >= 4 is 19.9 Å². The Morgan fingerprint density at radius 1 is 1.11 bits per heavy atom. The van der Waals surface area contributed by atoms with Gasteiger partial charge in [-0.25, -0.2) is 0 Å². The first-order chi connectivity index (χ1) is 8.53. The maximum atomic E-state index is 11.6. The molecule has 0 fully saturated rings. The third kappa shape index (κ3) is 9.11. The van der Waals surface area contributed by atoms with Crippen molar-refractivity contribution in [2.24, 2.45) is 11.8 Å². The molecule has 3 nitrogen and oxygen atoms in total. The van der Waals surface area contributed by atoms with Gasteiger partial charge in [0.25, 0.3) is 0 Å². The highest BCUT2D eigenvalue weighted by Gasteiger charge is 2.28. The molecule has 0 aliphatic rings. The van der Waals surface area contributed by atoms with E-state index in [1.165, 1.54) is 6.92 Å². The van der Waals surface area contributed by atoms with Gasteiger partial charge in [0.1, 0.15) is 11.6 Å². The van der Waals surface area contributed by atoms with Gasteiger partial charge in [0.15, 0.2) is 8.32 Å². The summed E-state index contributed by atoms with van der Waals surface area (Å²) < 4.78 is 6.24. The summed E-state index contributed by atoms with van der Waals surface area (Å²) in [5.74, 6) is 0.804. The molecule has 0 aromatic rings. The zero-order chi connectivity index (χ0) is 15.2. The maximum absolute atomic E-state index is 11.6. The van der Waals surface area contributed by atoms with Crippen molar-refractivity contribution in [1.82, 2.24) is 0 Å². The summed E-state index contributed by atoms with van der Waals surface area (Å²) in [5, 5.41) is 0. The second-order valence-electron chi connectivity index (χ2n) is 6.87. The molecule has 2 atom stereocenters. The van der Waals surface area contributed by atoms with Gasteiger partial charge in [-0.2, -0.15) is 0 Å². The van der Waals surface area contributed by atoms with Crippen molar-refractivity contribution in [3.8, 4) is 0 Å². The predicted molar refractivity (Wildman–Crippen MR) is 81.8 cm³/mol. The van der Waals surface area contributed by atoms with E-state index < -0.39 is 8.32 Å². The predicted octanol–water partition coefficient (Wildman–Crippen LogP) is 3.83. The van der Waals surface area contributed by atoms with Crippen LogP contribution in [0.5, 0.6) is 0 Å². The summed E-state index contributed by atoms with van der Waals surface area (Å²) in [6, 6.07) is 0. The number of rotatable bonds is 9. The molecule has 0 unspecified atom stereocenters. The quantitative estimate of drug-likeness (QED) is 0.478. The molecule has 0 radical (unpaired) electrons. The number of Topliss-reactive ketones (excluding diaryl/α,β-unsaturated/α-hetero) is 2. The van der Waals surface area contributed by atoms with Gasteiger partial charge in [-0.05, 0) is 44.8 Å². The minimum Gasteiger partial charge on any atom is -0.414 e. The molecule has 0 spiro atoms. The first-order valence-electron chi connectivity index (χ1n) is 7.22. The van der Waals surface area contributed by atoms with Crippen LogP contribution in [0.15, 0.2) is 0 Å². The summed E-state index contributed by atoms with van der Waals surface area (Å²) in [4.78, 5) is 22.5. The summed E-state index contributed by atoms with van der Waals surface area (Å²) in [6.45, 7) is 14.5. The van der Waals surface area contributed by atoms with Gasteiger partial charge in [0, 0.05) is 12.5 Å². The fourth-order valence-corrected chi connectivity index (χ4v) is 3.56. The lowest BCUT2D eigenvalue weighted by atomic mass is 9.90.